The lowest BCUT2D eigenvalue weighted by Gasteiger charge is -2.05. The maximum absolute atomic E-state index is 5.32. The molecule has 0 saturated carbocycles. The van der Waals surface area contributed by atoms with Gasteiger partial charge in [-0.05, 0) is 35.7 Å². The number of hydrogen-bond donors (Lipinski definition) is 0. The van der Waals surface area contributed by atoms with E-state index in [1.54, 1.807) is 0 Å². The number of rotatable bonds is 1. The van der Waals surface area contributed by atoms with Gasteiger partial charge in [0.05, 0.1) is 0 Å². The van der Waals surface area contributed by atoms with Crippen LogP contribution in [0.2, 0.25) is 0 Å². The van der Waals surface area contributed by atoms with Gasteiger partial charge in [-0.15, -0.1) is 6.42 Å². The third-order valence-corrected chi connectivity index (χ3v) is 2.51. The van der Waals surface area contributed by atoms with Crippen LogP contribution in [0.15, 0.2) is 48.5 Å². The van der Waals surface area contributed by atoms with Crippen molar-refractivity contribution in [3.63, 3.8) is 0 Å². The molecular weight excluding hydrogens is 180 g/mol. The largest absolute Gasteiger partial charge is 0.115 e. The van der Waals surface area contributed by atoms with E-state index in [1.165, 1.54) is 16.7 Å². The first-order valence-electron chi connectivity index (χ1n) is 4.94. The normalized spacial score (nSPS) is 9.60. The lowest BCUT2D eigenvalue weighted by molar-refractivity contribution is 1.46. The molecule has 0 N–H and O–H groups in total. The van der Waals surface area contributed by atoms with Gasteiger partial charge in [0.1, 0.15) is 0 Å². The molecule has 0 amide bonds. The molecule has 0 atom stereocenters. The van der Waals surface area contributed by atoms with E-state index in [0.29, 0.717) is 0 Å². The topological polar surface area (TPSA) is 0 Å². The van der Waals surface area contributed by atoms with Crippen LogP contribution < -0.4 is 0 Å². The van der Waals surface area contributed by atoms with Crippen molar-refractivity contribution in [2.75, 3.05) is 0 Å². The molecule has 0 fully saturated rings. The summed E-state index contributed by atoms with van der Waals surface area (Å²) in [6.45, 7) is 2.12. The van der Waals surface area contributed by atoms with Crippen molar-refractivity contribution in [2.45, 2.75) is 6.92 Å². The third kappa shape index (κ3) is 1.92. The predicted octanol–water partition coefficient (Wildman–Crippen LogP) is 3.64. The molecule has 0 nitrogen and oxygen atoms in total. The molecule has 0 spiro atoms. The molecule has 0 unspecified atom stereocenters. The van der Waals surface area contributed by atoms with E-state index >= 15 is 0 Å². The summed E-state index contributed by atoms with van der Waals surface area (Å²) in [7, 11) is 0. The molecule has 0 heterocycles. The quantitative estimate of drug-likeness (QED) is 0.605. The second-order valence-corrected chi connectivity index (χ2v) is 3.54. The molecule has 15 heavy (non-hydrogen) atoms. The van der Waals surface area contributed by atoms with Crippen molar-refractivity contribution in [1.82, 2.24) is 0 Å². The van der Waals surface area contributed by atoms with Crippen molar-refractivity contribution in [2.24, 2.45) is 0 Å². The van der Waals surface area contributed by atoms with Crippen LogP contribution in [-0.2, 0) is 0 Å². The van der Waals surface area contributed by atoms with Crippen LogP contribution in [0.5, 0.6) is 0 Å². The molecule has 0 aromatic heterocycles. The molecule has 0 bridgehead atoms. The number of hydrogen-bond acceptors (Lipinski definition) is 0. The van der Waals surface area contributed by atoms with Crippen molar-refractivity contribution < 1.29 is 0 Å². The zero-order valence-corrected chi connectivity index (χ0v) is 8.70. The standard InChI is InChI=1S/C15H12/c1-3-13-8-10-14(11-9-13)15-7-5-4-6-12(15)2/h1,4-11H,2H3. The minimum absolute atomic E-state index is 0.923. The molecule has 72 valence electrons. The predicted molar refractivity (Wildman–Crippen MR) is 64.6 cm³/mol. The fourth-order valence-corrected chi connectivity index (χ4v) is 1.64. The highest BCUT2D eigenvalue weighted by molar-refractivity contribution is 5.67. The van der Waals surface area contributed by atoms with Gasteiger partial charge in [-0.2, -0.15) is 0 Å². The molecule has 0 aliphatic carbocycles. The van der Waals surface area contributed by atoms with Gasteiger partial charge in [-0.3, -0.25) is 0 Å². The summed E-state index contributed by atoms with van der Waals surface area (Å²) in [6, 6.07) is 16.4. The maximum atomic E-state index is 5.32. The van der Waals surface area contributed by atoms with E-state index in [4.69, 9.17) is 6.42 Å². The minimum Gasteiger partial charge on any atom is -0.115 e. The van der Waals surface area contributed by atoms with Crippen molar-refractivity contribution in [3.8, 4) is 23.5 Å². The minimum atomic E-state index is 0.923. The Morgan fingerprint density at radius 1 is 0.933 bits per heavy atom. The van der Waals surface area contributed by atoms with Crippen molar-refractivity contribution in [3.05, 3.63) is 59.7 Å². The molecule has 0 heteroatoms. The second-order valence-electron chi connectivity index (χ2n) is 3.54. The average molecular weight is 192 g/mol. The summed E-state index contributed by atoms with van der Waals surface area (Å²) in [5.74, 6) is 2.62. The van der Waals surface area contributed by atoms with E-state index in [0.717, 1.165) is 5.56 Å². The molecular formula is C15H12. The van der Waals surface area contributed by atoms with Gasteiger partial charge in [-0.1, -0.05) is 42.3 Å². The zero-order chi connectivity index (χ0) is 10.7. The van der Waals surface area contributed by atoms with Crippen LogP contribution in [0.1, 0.15) is 11.1 Å². The number of aryl methyl sites for hydroxylation is 1. The Morgan fingerprint density at radius 2 is 1.60 bits per heavy atom. The van der Waals surface area contributed by atoms with Crippen LogP contribution >= 0.6 is 0 Å². The molecule has 2 aromatic carbocycles. The first-order chi connectivity index (χ1) is 7.31. The Labute approximate surface area is 90.6 Å². The summed E-state index contributed by atoms with van der Waals surface area (Å²) in [5, 5.41) is 0. The van der Waals surface area contributed by atoms with Gasteiger partial charge >= 0.3 is 0 Å². The van der Waals surface area contributed by atoms with Crippen molar-refractivity contribution in [1.29, 1.82) is 0 Å². The third-order valence-electron chi connectivity index (χ3n) is 2.51. The van der Waals surface area contributed by atoms with Gasteiger partial charge in [0.2, 0.25) is 0 Å². The Hall–Kier alpha value is -2.00. The van der Waals surface area contributed by atoms with Crippen LogP contribution in [0.4, 0.5) is 0 Å². The first-order valence-corrected chi connectivity index (χ1v) is 4.94. The number of benzene rings is 2. The highest BCUT2D eigenvalue weighted by atomic mass is 14.0. The SMILES string of the molecule is C#Cc1ccc(-c2ccccc2C)cc1. The first kappa shape index (κ1) is 9.55. The van der Waals surface area contributed by atoms with E-state index in [2.05, 4.69) is 49.2 Å². The van der Waals surface area contributed by atoms with E-state index < -0.39 is 0 Å². The molecule has 2 rings (SSSR count). The lowest BCUT2D eigenvalue weighted by atomic mass is 10.00. The maximum Gasteiger partial charge on any atom is 0.0243 e. The fourth-order valence-electron chi connectivity index (χ4n) is 1.64. The van der Waals surface area contributed by atoms with Crippen LogP contribution in [-0.4, -0.2) is 0 Å². The Morgan fingerprint density at radius 3 is 2.20 bits per heavy atom. The monoisotopic (exact) mass is 192 g/mol. The van der Waals surface area contributed by atoms with Gasteiger partial charge in [-0.25, -0.2) is 0 Å². The molecule has 0 radical (unpaired) electrons. The van der Waals surface area contributed by atoms with Gasteiger partial charge in [0, 0.05) is 5.56 Å². The van der Waals surface area contributed by atoms with Gasteiger partial charge < -0.3 is 0 Å². The summed E-state index contributed by atoms with van der Waals surface area (Å²) in [5.41, 5.74) is 4.69. The Kier molecular flexibility index (Phi) is 2.56. The lowest BCUT2D eigenvalue weighted by Crippen LogP contribution is -1.82. The Bertz CT molecular complexity index is 498. The highest BCUT2D eigenvalue weighted by Gasteiger charge is 1.99. The van der Waals surface area contributed by atoms with Crippen LogP contribution in [0.3, 0.4) is 0 Å². The average Bonchev–Trinajstić information content (AvgIpc) is 2.30. The molecule has 0 aliphatic rings. The zero-order valence-electron chi connectivity index (χ0n) is 8.70. The van der Waals surface area contributed by atoms with E-state index in [1.807, 2.05) is 12.1 Å². The van der Waals surface area contributed by atoms with E-state index in [-0.39, 0.29) is 0 Å². The second kappa shape index (κ2) is 4.02. The van der Waals surface area contributed by atoms with Crippen LogP contribution in [0.25, 0.3) is 11.1 Å². The summed E-state index contributed by atoms with van der Waals surface area (Å²) >= 11 is 0. The van der Waals surface area contributed by atoms with Crippen LogP contribution in [0, 0.1) is 19.3 Å². The van der Waals surface area contributed by atoms with Gasteiger partial charge in [0.15, 0.2) is 0 Å². The van der Waals surface area contributed by atoms with E-state index in [9.17, 15) is 0 Å². The highest BCUT2D eigenvalue weighted by Crippen LogP contribution is 2.22. The summed E-state index contributed by atoms with van der Waals surface area (Å²) < 4.78 is 0. The smallest absolute Gasteiger partial charge is 0.0243 e. The Balaban J connectivity index is 2.47. The summed E-state index contributed by atoms with van der Waals surface area (Å²) in [4.78, 5) is 0. The van der Waals surface area contributed by atoms with Crippen molar-refractivity contribution >= 4 is 0 Å². The molecule has 0 aliphatic heterocycles. The molecule has 2 aromatic rings. The fraction of sp³-hybridized carbons (Fsp3) is 0.0667. The molecule has 0 saturated heterocycles. The summed E-state index contributed by atoms with van der Waals surface area (Å²) in [6.07, 6.45) is 5.32. The van der Waals surface area contributed by atoms with Gasteiger partial charge in [0.25, 0.3) is 0 Å². The number of terminal acetylenes is 1.